The highest BCUT2D eigenvalue weighted by Gasteiger charge is 2.09. The van der Waals surface area contributed by atoms with Crippen molar-refractivity contribution in [3.63, 3.8) is 0 Å². The molecule has 0 spiro atoms. The van der Waals surface area contributed by atoms with Crippen LogP contribution in [0.5, 0.6) is 5.75 Å². The first kappa shape index (κ1) is 14.0. The van der Waals surface area contributed by atoms with E-state index >= 15 is 0 Å². The fraction of sp³-hybridized carbons (Fsp3) is 0.538. The number of rotatable bonds is 6. The van der Waals surface area contributed by atoms with Crippen LogP contribution >= 0.6 is 0 Å². The molecule has 0 aliphatic carbocycles. The molecule has 0 amide bonds. The zero-order valence-corrected chi connectivity index (χ0v) is 11.2. The van der Waals surface area contributed by atoms with Crippen LogP contribution in [-0.4, -0.2) is 38.2 Å². The van der Waals surface area contributed by atoms with E-state index in [0.717, 1.165) is 17.7 Å². The van der Waals surface area contributed by atoms with Crippen molar-refractivity contribution in [2.24, 2.45) is 0 Å². The van der Waals surface area contributed by atoms with Gasteiger partial charge in [0.05, 0.1) is 0 Å². The topological polar surface area (TPSA) is 47.5 Å². The maximum atomic E-state index is 10.1. The molecule has 1 rings (SSSR count). The Morgan fingerprint density at radius 3 is 1.88 bits per heavy atom. The van der Waals surface area contributed by atoms with E-state index in [0.29, 0.717) is 18.8 Å². The van der Waals surface area contributed by atoms with Crippen LogP contribution in [0.15, 0.2) is 12.1 Å². The number of hydrogen-bond donors (Lipinski definition) is 3. The van der Waals surface area contributed by atoms with Gasteiger partial charge in [-0.25, -0.2) is 0 Å². The van der Waals surface area contributed by atoms with E-state index in [1.165, 1.54) is 5.56 Å². The fourth-order valence-electron chi connectivity index (χ4n) is 1.94. The van der Waals surface area contributed by atoms with Gasteiger partial charge in [0.15, 0.2) is 0 Å². The normalized spacial score (nSPS) is 11.1. The van der Waals surface area contributed by atoms with E-state index in [9.17, 15) is 5.11 Å². The van der Waals surface area contributed by atoms with Crippen LogP contribution in [0.25, 0.3) is 0 Å². The Balaban J connectivity index is 3.06. The van der Waals surface area contributed by atoms with E-state index in [4.69, 9.17) is 0 Å². The van der Waals surface area contributed by atoms with Gasteiger partial charge in [0.2, 0.25) is 0 Å². The smallest absolute Gasteiger partial charge is 0.124 e. The summed E-state index contributed by atoms with van der Waals surface area (Å²) in [6.45, 7) is 2.25. The molecular formula is C13H23N3O. The molecule has 0 saturated carbocycles. The first-order valence-corrected chi connectivity index (χ1v) is 5.86. The molecule has 1 aromatic rings. The van der Waals surface area contributed by atoms with Gasteiger partial charge in [-0.3, -0.25) is 0 Å². The van der Waals surface area contributed by atoms with E-state index in [1.807, 2.05) is 28.2 Å². The fourth-order valence-corrected chi connectivity index (χ4v) is 1.94. The third-order valence-corrected chi connectivity index (χ3v) is 2.56. The van der Waals surface area contributed by atoms with Crippen molar-refractivity contribution < 1.29 is 5.11 Å². The van der Waals surface area contributed by atoms with E-state index in [2.05, 4.69) is 27.7 Å². The Labute approximate surface area is 104 Å². The maximum absolute atomic E-state index is 10.1. The highest BCUT2D eigenvalue weighted by Crippen LogP contribution is 2.25. The van der Waals surface area contributed by atoms with Gasteiger partial charge in [-0.2, -0.15) is 0 Å². The minimum Gasteiger partial charge on any atom is -0.507 e. The van der Waals surface area contributed by atoms with Gasteiger partial charge in [-0.15, -0.1) is 0 Å². The Kier molecular flexibility index (Phi) is 5.41. The lowest BCUT2D eigenvalue weighted by Crippen LogP contribution is -2.14. The summed E-state index contributed by atoms with van der Waals surface area (Å²) in [5, 5.41) is 16.3. The molecule has 0 aromatic heterocycles. The lowest BCUT2D eigenvalue weighted by atomic mass is 10.0. The number of phenols is 1. The van der Waals surface area contributed by atoms with E-state index in [1.54, 1.807) is 0 Å². The van der Waals surface area contributed by atoms with Gasteiger partial charge in [0.25, 0.3) is 0 Å². The van der Waals surface area contributed by atoms with Crippen LogP contribution in [-0.2, 0) is 19.6 Å². The SMILES string of the molecule is CNCc1cc(CN(C)C)cc(CNC)c1O. The number of benzene rings is 1. The summed E-state index contributed by atoms with van der Waals surface area (Å²) in [6, 6.07) is 4.12. The summed E-state index contributed by atoms with van der Waals surface area (Å²) < 4.78 is 0. The summed E-state index contributed by atoms with van der Waals surface area (Å²) >= 11 is 0. The van der Waals surface area contributed by atoms with Crippen molar-refractivity contribution in [3.8, 4) is 5.75 Å². The summed E-state index contributed by atoms with van der Waals surface area (Å²) in [5.74, 6) is 0.399. The second kappa shape index (κ2) is 6.59. The number of aromatic hydroxyl groups is 1. The largest absolute Gasteiger partial charge is 0.507 e. The molecule has 0 saturated heterocycles. The Morgan fingerprint density at radius 2 is 1.53 bits per heavy atom. The maximum Gasteiger partial charge on any atom is 0.124 e. The van der Waals surface area contributed by atoms with Crippen LogP contribution in [0.4, 0.5) is 0 Å². The Morgan fingerprint density at radius 1 is 1.06 bits per heavy atom. The third kappa shape index (κ3) is 4.00. The van der Waals surface area contributed by atoms with E-state index < -0.39 is 0 Å². The first-order valence-electron chi connectivity index (χ1n) is 5.86. The molecule has 96 valence electrons. The second-order valence-electron chi connectivity index (χ2n) is 4.56. The molecule has 4 heteroatoms. The number of hydrogen-bond acceptors (Lipinski definition) is 4. The van der Waals surface area contributed by atoms with Crippen molar-refractivity contribution in [2.45, 2.75) is 19.6 Å². The van der Waals surface area contributed by atoms with Crippen LogP contribution in [0, 0.1) is 0 Å². The molecule has 0 aliphatic rings. The molecule has 4 nitrogen and oxygen atoms in total. The molecule has 0 fully saturated rings. The van der Waals surface area contributed by atoms with Gasteiger partial charge >= 0.3 is 0 Å². The van der Waals surface area contributed by atoms with Gasteiger partial charge in [0, 0.05) is 30.8 Å². The minimum atomic E-state index is 0.399. The minimum absolute atomic E-state index is 0.399. The summed E-state index contributed by atoms with van der Waals surface area (Å²) in [4.78, 5) is 2.12. The molecule has 17 heavy (non-hydrogen) atoms. The average molecular weight is 237 g/mol. The molecular weight excluding hydrogens is 214 g/mol. The number of nitrogens with zero attached hydrogens (tertiary/aromatic N) is 1. The lowest BCUT2D eigenvalue weighted by Gasteiger charge is -2.15. The van der Waals surface area contributed by atoms with Gasteiger partial charge < -0.3 is 20.6 Å². The first-order chi connectivity index (χ1) is 8.08. The van der Waals surface area contributed by atoms with Gasteiger partial charge in [-0.1, -0.05) is 0 Å². The molecule has 0 radical (unpaired) electrons. The van der Waals surface area contributed by atoms with Gasteiger partial charge in [-0.05, 0) is 45.9 Å². The van der Waals surface area contributed by atoms with Crippen LogP contribution < -0.4 is 10.6 Å². The zero-order chi connectivity index (χ0) is 12.8. The van der Waals surface area contributed by atoms with Crippen molar-refractivity contribution in [2.75, 3.05) is 28.2 Å². The van der Waals surface area contributed by atoms with Crippen molar-refractivity contribution in [1.82, 2.24) is 15.5 Å². The summed E-state index contributed by atoms with van der Waals surface area (Å²) in [7, 11) is 7.86. The van der Waals surface area contributed by atoms with Crippen LogP contribution in [0.1, 0.15) is 16.7 Å². The monoisotopic (exact) mass is 237 g/mol. The van der Waals surface area contributed by atoms with Crippen molar-refractivity contribution >= 4 is 0 Å². The van der Waals surface area contributed by atoms with Gasteiger partial charge in [0.1, 0.15) is 5.75 Å². The number of nitrogens with one attached hydrogen (secondary N) is 2. The second-order valence-corrected chi connectivity index (χ2v) is 4.56. The van der Waals surface area contributed by atoms with Crippen molar-refractivity contribution in [1.29, 1.82) is 0 Å². The molecule has 1 aromatic carbocycles. The Hall–Kier alpha value is -1.10. The highest BCUT2D eigenvalue weighted by molar-refractivity contribution is 5.43. The van der Waals surface area contributed by atoms with Crippen molar-refractivity contribution in [3.05, 3.63) is 28.8 Å². The number of phenolic OH excluding ortho intramolecular Hbond substituents is 1. The van der Waals surface area contributed by atoms with E-state index in [-0.39, 0.29) is 0 Å². The Bertz CT molecular complexity index is 337. The molecule has 0 aliphatic heterocycles. The molecule has 0 unspecified atom stereocenters. The van der Waals surface area contributed by atoms with Crippen LogP contribution in [0.2, 0.25) is 0 Å². The third-order valence-electron chi connectivity index (χ3n) is 2.56. The lowest BCUT2D eigenvalue weighted by molar-refractivity contribution is 0.400. The summed E-state index contributed by atoms with van der Waals surface area (Å²) in [5.41, 5.74) is 3.14. The highest BCUT2D eigenvalue weighted by atomic mass is 16.3. The molecule has 0 heterocycles. The average Bonchev–Trinajstić information content (AvgIpc) is 2.24. The molecule has 3 N–H and O–H groups in total. The standard InChI is InChI=1S/C13H23N3O/c1-14-7-11-5-10(9-16(3)4)6-12(8-15-2)13(11)17/h5-6,14-15,17H,7-9H2,1-4H3. The predicted molar refractivity (Wildman–Crippen MR) is 71.0 cm³/mol. The predicted octanol–water partition coefficient (Wildman–Crippen LogP) is 0.893. The van der Waals surface area contributed by atoms with Crippen LogP contribution in [0.3, 0.4) is 0 Å². The molecule has 0 bridgehead atoms. The quantitative estimate of drug-likeness (QED) is 0.688. The summed E-state index contributed by atoms with van der Waals surface area (Å²) in [6.07, 6.45) is 0. The molecule has 0 atom stereocenters. The zero-order valence-electron chi connectivity index (χ0n) is 11.2.